The number of hydrogen-bond acceptors (Lipinski definition) is 4. The van der Waals surface area contributed by atoms with Crippen LogP contribution >= 0.6 is 11.8 Å². The summed E-state index contributed by atoms with van der Waals surface area (Å²) in [7, 11) is 0. The molecule has 0 aromatic heterocycles. The monoisotopic (exact) mass is 287 g/mol. The fourth-order valence-electron chi connectivity index (χ4n) is 2.37. The average molecular weight is 287 g/mol. The Kier molecular flexibility index (Phi) is 8.50. The molecule has 0 spiro atoms. The van der Waals surface area contributed by atoms with Crippen LogP contribution < -0.4 is 11.1 Å². The van der Waals surface area contributed by atoms with E-state index in [9.17, 15) is 4.79 Å². The minimum Gasteiger partial charge on any atom is -0.352 e. The van der Waals surface area contributed by atoms with Gasteiger partial charge in [-0.05, 0) is 44.2 Å². The lowest BCUT2D eigenvalue weighted by atomic mass is 10.0. The fraction of sp³-hybridized carbons (Fsp3) is 0.929. The summed E-state index contributed by atoms with van der Waals surface area (Å²) < 4.78 is 0. The molecular weight excluding hydrogens is 258 g/mol. The summed E-state index contributed by atoms with van der Waals surface area (Å²) in [6.45, 7) is 5.63. The predicted octanol–water partition coefficient (Wildman–Crippen LogP) is 1.45. The highest BCUT2D eigenvalue weighted by Crippen LogP contribution is 2.11. The first kappa shape index (κ1) is 16.8. The molecule has 0 aromatic rings. The van der Waals surface area contributed by atoms with Crippen molar-refractivity contribution in [3.8, 4) is 0 Å². The third-order valence-electron chi connectivity index (χ3n) is 3.73. The summed E-state index contributed by atoms with van der Waals surface area (Å²) in [6, 6.07) is -0.0173. The molecule has 1 rings (SSSR count). The number of piperidine rings is 1. The minimum atomic E-state index is -0.342. The van der Waals surface area contributed by atoms with Crippen molar-refractivity contribution in [1.82, 2.24) is 10.2 Å². The summed E-state index contributed by atoms with van der Waals surface area (Å²) in [5.74, 6) is 0.977. The third-order valence-corrected chi connectivity index (χ3v) is 4.38. The molecule has 112 valence electrons. The van der Waals surface area contributed by atoms with Crippen LogP contribution in [-0.2, 0) is 4.79 Å². The maximum Gasteiger partial charge on any atom is 0.237 e. The average Bonchev–Trinajstić information content (AvgIpc) is 2.43. The van der Waals surface area contributed by atoms with E-state index in [0.29, 0.717) is 6.04 Å². The van der Waals surface area contributed by atoms with Crippen LogP contribution in [0.1, 0.15) is 39.0 Å². The zero-order chi connectivity index (χ0) is 14.1. The Bertz CT molecular complexity index is 255. The number of thioether (sulfide) groups is 1. The number of carbonyl (C=O) groups excluding carboxylic acids is 1. The van der Waals surface area contributed by atoms with E-state index in [1.807, 2.05) is 6.26 Å². The van der Waals surface area contributed by atoms with E-state index in [-0.39, 0.29) is 11.9 Å². The van der Waals surface area contributed by atoms with Gasteiger partial charge in [0, 0.05) is 19.1 Å². The van der Waals surface area contributed by atoms with Crippen molar-refractivity contribution in [3.63, 3.8) is 0 Å². The Morgan fingerprint density at radius 3 is 2.74 bits per heavy atom. The van der Waals surface area contributed by atoms with Gasteiger partial charge < -0.3 is 16.0 Å². The molecule has 0 aromatic carbocycles. The van der Waals surface area contributed by atoms with Crippen molar-refractivity contribution in [2.24, 2.45) is 5.73 Å². The Morgan fingerprint density at radius 1 is 1.47 bits per heavy atom. The first-order chi connectivity index (χ1) is 9.17. The second-order valence-corrected chi connectivity index (χ2v) is 6.35. The standard InChI is InChI=1S/C14H29N3OS/c1-3-4-8-17-9-5-12(6-10-17)16-14(18)13(15)7-11-19-2/h12-13H,3-11,15H2,1-2H3,(H,16,18)/t13-/m0/s1. The third kappa shape index (κ3) is 6.63. The van der Waals surface area contributed by atoms with Gasteiger partial charge in [-0.3, -0.25) is 4.79 Å². The van der Waals surface area contributed by atoms with E-state index in [4.69, 9.17) is 5.73 Å². The van der Waals surface area contributed by atoms with Crippen molar-refractivity contribution in [3.05, 3.63) is 0 Å². The number of unbranched alkanes of at least 4 members (excludes halogenated alkanes) is 1. The van der Waals surface area contributed by atoms with Crippen LogP contribution in [0.4, 0.5) is 0 Å². The van der Waals surface area contributed by atoms with Gasteiger partial charge in [0.2, 0.25) is 5.91 Å². The van der Waals surface area contributed by atoms with Gasteiger partial charge in [0.15, 0.2) is 0 Å². The predicted molar refractivity (Wildman–Crippen MR) is 83.5 cm³/mol. The number of carbonyl (C=O) groups is 1. The van der Waals surface area contributed by atoms with Crippen molar-refractivity contribution < 1.29 is 4.79 Å². The lowest BCUT2D eigenvalue weighted by Gasteiger charge is -2.32. The Hall–Kier alpha value is -0.260. The molecule has 1 heterocycles. The zero-order valence-electron chi connectivity index (χ0n) is 12.4. The first-order valence-corrected chi connectivity index (χ1v) is 8.84. The largest absolute Gasteiger partial charge is 0.352 e. The fourth-order valence-corrected chi connectivity index (χ4v) is 2.86. The molecule has 0 bridgehead atoms. The Labute approximate surface area is 121 Å². The topological polar surface area (TPSA) is 58.4 Å². The molecule has 0 unspecified atom stereocenters. The van der Waals surface area contributed by atoms with E-state index >= 15 is 0 Å². The normalized spacial score (nSPS) is 19.3. The lowest BCUT2D eigenvalue weighted by Crippen LogP contribution is -2.49. The van der Waals surface area contributed by atoms with Crippen LogP contribution in [0.25, 0.3) is 0 Å². The van der Waals surface area contributed by atoms with E-state index in [1.165, 1.54) is 19.4 Å². The lowest BCUT2D eigenvalue weighted by molar-refractivity contribution is -0.123. The zero-order valence-corrected chi connectivity index (χ0v) is 13.2. The van der Waals surface area contributed by atoms with E-state index in [0.717, 1.165) is 38.1 Å². The van der Waals surface area contributed by atoms with Crippen molar-refractivity contribution in [1.29, 1.82) is 0 Å². The molecule has 1 aliphatic heterocycles. The van der Waals surface area contributed by atoms with Crippen LogP contribution in [-0.4, -0.2) is 54.5 Å². The molecule has 1 fully saturated rings. The number of likely N-dealkylation sites (tertiary alicyclic amines) is 1. The molecule has 0 saturated carbocycles. The molecule has 1 atom stereocenters. The molecule has 1 aliphatic rings. The van der Waals surface area contributed by atoms with Crippen LogP contribution in [0.15, 0.2) is 0 Å². The highest BCUT2D eigenvalue weighted by molar-refractivity contribution is 7.98. The molecule has 0 aliphatic carbocycles. The highest BCUT2D eigenvalue weighted by atomic mass is 32.2. The van der Waals surface area contributed by atoms with Gasteiger partial charge in [-0.25, -0.2) is 0 Å². The molecule has 1 saturated heterocycles. The molecule has 19 heavy (non-hydrogen) atoms. The maximum atomic E-state index is 11.9. The number of nitrogens with one attached hydrogen (secondary N) is 1. The smallest absolute Gasteiger partial charge is 0.237 e. The van der Waals surface area contributed by atoms with Gasteiger partial charge >= 0.3 is 0 Å². The van der Waals surface area contributed by atoms with E-state index in [1.54, 1.807) is 11.8 Å². The van der Waals surface area contributed by atoms with Gasteiger partial charge in [-0.15, -0.1) is 0 Å². The van der Waals surface area contributed by atoms with Gasteiger partial charge in [-0.2, -0.15) is 11.8 Å². The van der Waals surface area contributed by atoms with Crippen LogP contribution in [0.5, 0.6) is 0 Å². The van der Waals surface area contributed by atoms with Crippen LogP contribution in [0.2, 0.25) is 0 Å². The summed E-state index contributed by atoms with van der Waals surface area (Å²) >= 11 is 1.73. The minimum absolute atomic E-state index is 0.0288. The summed E-state index contributed by atoms with van der Waals surface area (Å²) in [5, 5.41) is 3.10. The number of nitrogens with two attached hydrogens (primary N) is 1. The van der Waals surface area contributed by atoms with E-state index in [2.05, 4.69) is 17.1 Å². The second-order valence-electron chi connectivity index (χ2n) is 5.37. The number of hydrogen-bond donors (Lipinski definition) is 2. The van der Waals surface area contributed by atoms with Gasteiger partial charge in [0.25, 0.3) is 0 Å². The number of nitrogens with zero attached hydrogens (tertiary/aromatic N) is 1. The van der Waals surface area contributed by atoms with Gasteiger partial charge in [0.05, 0.1) is 6.04 Å². The van der Waals surface area contributed by atoms with Gasteiger partial charge in [-0.1, -0.05) is 13.3 Å². The van der Waals surface area contributed by atoms with Crippen molar-refractivity contribution in [2.75, 3.05) is 31.6 Å². The first-order valence-electron chi connectivity index (χ1n) is 7.44. The molecule has 5 heteroatoms. The summed E-state index contributed by atoms with van der Waals surface area (Å²) in [6.07, 6.45) is 7.45. The molecule has 1 amide bonds. The van der Waals surface area contributed by atoms with Gasteiger partial charge in [0.1, 0.15) is 0 Å². The van der Waals surface area contributed by atoms with Crippen LogP contribution in [0, 0.1) is 0 Å². The molecule has 4 nitrogen and oxygen atoms in total. The highest BCUT2D eigenvalue weighted by Gasteiger charge is 2.22. The second kappa shape index (κ2) is 9.61. The molecular formula is C14H29N3OS. The van der Waals surface area contributed by atoms with Crippen molar-refractivity contribution in [2.45, 2.75) is 51.1 Å². The quantitative estimate of drug-likeness (QED) is 0.709. The SMILES string of the molecule is CCCCN1CCC(NC(=O)[C@@H](N)CCSC)CC1. The Balaban J connectivity index is 2.19. The number of amides is 1. The van der Waals surface area contributed by atoms with E-state index < -0.39 is 0 Å². The maximum absolute atomic E-state index is 11.9. The Morgan fingerprint density at radius 2 is 2.16 bits per heavy atom. The number of rotatable bonds is 8. The van der Waals surface area contributed by atoms with Crippen molar-refractivity contribution >= 4 is 17.7 Å². The molecule has 0 radical (unpaired) electrons. The summed E-state index contributed by atoms with van der Waals surface area (Å²) in [5.41, 5.74) is 5.88. The molecule has 3 N–H and O–H groups in total. The summed E-state index contributed by atoms with van der Waals surface area (Å²) in [4.78, 5) is 14.4. The van der Waals surface area contributed by atoms with Crippen LogP contribution in [0.3, 0.4) is 0 Å².